The monoisotopic (exact) mass is 551 g/mol. The number of hydrogen-bond donors (Lipinski definition) is 1. The van der Waals surface area contributed by atoms with Crippen LogP contribution in [0.4, 0.5) is 4.79 Å². The lowest BCUT2D eigenvalue weighted by Gasteiger charge is -2.32. The second-order valence-electron chi connectivity index (χ2n) is 14.0. The van der Waals surface area contributed by atoms with Gasteiger partial charge in [0.15, 0.2) is 0 Å². The van der Waals surface area contributed by atoms with Crippen LogP contribution in [0.15, 0.2) is 54.6 Å². The van der Waals surface area contributed by atoms with Gasteiger partial charge in [-0.2, -0.15) is 0 Å². The van der Waals surface area contributed by atoms with E-state index in [-0.39, 0.29) is 36.5 Å². The first kappa shape index (κ1) is 26.5. The summed E-state index contributed by atoms with van der Waals surface area (Å²) < 4.78 is 18.3. The summed E-state index contributed by atoms with van der Waals surface area (Å²) in [5.74, 6) is 1.38. The minimum absolute atomic E-state index is 0.0803. The molecule has 3 aliphatic rings. The van der Waals surface area contributed by atoms with Crippen molar-refractivity contribution >= 4 is 40.5 Å². The summed E-state index contributed by atoms with van der Waals surface area (Å²) in [6, 6.07) is 19.4. The van der Waals surface area contributed by atoms with E-state index in [0.29, 0.717) is 5.92 Å². The molecule has 1 saturated carbocycles. The van der Waals surface area contributed by atoms with E-state index in [1.165, 1.54) is 0 Å². The average Bonchev–Trinajstić information content (AvgIpc) is 3.24. The predicted octanol–water partition coefficient (Wildman–Crippen LogP) is 6.75. The molecule has 2 aliphatic heterocycles. The highest BCUT2D eigenvalue weighted by Crippen LogP contribution is 2.53. The molecule has 0 bridgehead atoms. The Kier molecular flexibility index (Phi) is 5.71. The largest absolute Gasteiger partial charge is 0.494 e. The fraction of sp³-hybridized carbons (Fsp3) is 0.455. The van der Waals surface area contributed by atoms with Crippen LogP contribution < -0.4 is 5.46 Å². The van der Waals surface area contributed by atoms with Crippen LogP contribution in [0.2, 0.25) is 0 Å². The number of aromatic amines is 1. The first-order valence-electron chi connectivity index (χ1n) is 14.7. The quantitative estimate of drug-likeness (QED) is 0.285. The lowest BCUT2D eigenvalue weighted by molar-refractivity contribution is 0.00578. The van der Waals surface area contributed by atoms with E-state index >= 15 is 0 Å². The molecule has 3 atom stereocenters. The summed E-state index contributed by atoms with van der Waals surface area (Å²) in [6.07, 6.45) is 1.74. The number of benzene rings is 3. The molecule has 3 unspecified atom stereocenters. The van der Waals surface area contributed by atoms with Crippen LogP contribution in [-0.4, -0.2) is 50.9 Å². The van der Waals surface area contributed by atoms with Gasteiger partial charge in [0.1, 0.15) is 11.4 Å². The van der Waals surface area contributed by atoms with Crippen molar-refractivity contribution in [2.24, 2.45) is 5.92 Å². The fourth-order valence-electron chi connectivity index (χ4n) is 6.21. The zero-order valence-corrected chi connectivity index (χ0v) is 24.9. The molecule has 3 aromatic carbocycles. The van der Waals surface area contributed by atoms with E-state index in [9.17, 15) is 4.79 Å². The Morgan fingerprint density at radius 1 is 0.951 bits per heavy atom. The van der Waals surface area contributed by atoms with E-state index in [1.54, 1.807) is 0 Å². The molecule has 7 rings (SSSR count). The number of hydrogen-bond acceptors (Lipinski definition) is 5. The third-order valence-electron chi connectivity index (χ3n) is 9.25. The maximum atomic E-state index is 13.0. The van der Waals surface area contributed by atoms with Crippen LogP contribution in [-0.2, 0) is 14.0 Å². The molecule has 3 heterocycles. The highest BCUT2D eigenvalue weighted by molar-refractivity contribution is 6.62. The highest BCUT2D eigenvalue weighted by atomic mass is 16.7. The minimum atomic E-state index is -0.523. The van der Waals surface area contributed by atoms with E-state index in [4.69, 9.17) is 19.0 Å². The van der Waals surface area contributed by atoms with Gasteiger partial charge in [-0.05, 0) is 113 Å². The van der Waals surface area contributed by atoms with Crippen molar-refractivity contribution < 1.29 is 18.8 Å². The molecule has 2 saturated heterocycles. The first-order valence-corrected chi connectivity index (χ1v) is 14.7. The van der Waals surface area contributed by atoms with Crippen molar-refractivity contribution in [3.05, 3.63) is 60.4 Å². The second-order valence-corrected chi connectivity index (χ2v) is 14.0. The second kappa shape index (κ2) is 8.82. The van der Waals surface area contributed by atoms with Crippen LogP contribution in [0, 0.1) is 5.92 Å². The smallest absolute Gasteiger partial charge is 0.444 e. The van der Waals surface area contributed by atoms with Crippen molar-refractivity contribution in [2.75, 3.05) is 0 Å². The highest BCUT2D eigenvalue weighted by Gasteiger charge is 2.56. The molecule has 7 nitrogen and oxygen atoms in total. The van der Waals surface area contributed by atoms with Gasteiger partial charge in [-0.15, -0.1) is 0 Å². The van der Waals surface area contributed by atoms with Gasteiger partial charge in [-0.25, -0.2) is 9.78 Å². The molecule has 41 heavy (non-hydrogen) atoms. The van der Waals surface area contributed by atoms with Gasteiger partial charge >= 0.3 is 13.2 Å². The summed E-state index contributed by atoms with van der Waals surface area (Å²) in [5.41, 5.74) is 3.89. The van der Waals surface area contributed by atoms with Crippen molar-refractivity contribution in [2.45, 2.75) is 90.2 Å². The summed E-state index contributed by atoms with van der Waals surface area (Å²) in [6.45, 7) is 14.0. The number of carbonyl (C=O) groups is 1. The predicted molar refractivity (Wildman–Crippen MR) is 162 cm³/mol. The van der Waals surface area contributed by atoms with Gasteiger partial charge in [0.2, 0.25) is 0 Å². The normalized spacial score (nSPS) is 24.7. The van der Waals surface area contributed by atoms with Crippen LogP contribution in [0.1, 0.15) is 73.2 Å². The molecule has 0 spiro atoms. The number of nitrogens with zero attached hydrogens (tertiary/aromatic N) is 2. The van der Waals surface area contributed by atoms with Crippen LogP contribution in [0.3, 0.4) is 0 Å². The lowest BCUT2D eigenvalue weighted by Crippen LogP contribution is -2.41. The number of amides is 1. The van der Waals surface area contributed by atoms with E-state index < -0.39 is 5.60 Å². The molecular formula is C33H38BN3O4. The van der Waals surface area contributed by atoms with Crippen LogP contribution in [0.5, 0.6) is 0 Å². The molecule has 3 fully saturated rings. The summed E-state index contributed by atoms with van der Waals surface area (Å²) >= 11 is 0. The standard InChI is InChI=1S/C33H38BN3O4/c1-31(2,3)39-30(38)37-27-17-23(27)18-28(37)29-35-25-13-11-22(16-26(25)36-29)19-8-9-21-15-24(12-10-20(21)14-19)34-40-32(4,5)33(6,7)41-34/h8-16,23,27-28H,17-18H2,1-7H3,(H,35,36). The van der Waals surface area contributed by atoms with Gasteiger partial charge in [-0.1, -0.05) is 36.4 Å². The van der Waals surface area contributed by atoms with Gasteiger partial charge in [0, 0.05) is 6.04 Å². The molecule has 1 amide bonds. The van der Waals surface area contributed by atoms with Gasteiger partial charge in [0.25, 0.3) is 0 Å². The molecular weight excluding hydrogens is 513 g/mol. The van der Waals surface area contributed by atoms with Crippen LogP contribution in [0.25, 0.3) is 32.9 Å². The zero-order chi connectivity index (χ0) is 28.9. The molecule has 0 radical (unpaired) electrons. The van der Waals surface area contributed by atoms with E-state index in [1.807, 2.05) is 25.7 Å². The number of aromatic nitrogens is 2. The number of fused-ring (bicyclic) bond motifs is 3. The Balaban J connectivity index is 1.14. The topological polar surface area (TPSA) is 76.7 Å². The Hall–Kier alpha value is -3.36. The molecule has 4 aromatic rings. The molecule has 1 aromatic heterocycles. The number of H-pyrrole nitrogens is 1. The number of likely N-dealkylation sites (tertiary alicyclic amines) is 1. The average molecular weight is 551 g/mol. The molecule has 1 N–H and O–H groups in total. The third kappa shape index (κ3) is 4.61. The Morgan fingerprint density at radius 2 is 1.61 bits per heavy atom. The zero-order valence-electron chi connectivity index (χ0n) is 24.9. The lowest BCUT2D eigenvalue weighted by atomic mass is 9.78. The molecule has 1 aliphatic carbocycles. The number of nitrogens with one attached hydrogen (secondary N) is 1. The van der Waals surface area contributed by atoms with E-state index in [2.05, 4.69) is 87.3 Å². The van der Waals surface area contributed by atoms with Crippen molar-refractivity contribution in [3.8, 4) is 11.1 Å². The maximum Gasteiger partial charge on any atom is 0.494 e. The minimum Gasteiger partial charge on any atom is -0.444 e. The Morgan fingerprint density at radius 3 is 2.34 bits per heavy atom. The number of ether oxygens (including phenoxy) is 1. The number of rotatable bonds is 3. The van der Waals surface area contributed by atoms with Crippen molar-refractivity contribution in [1.29, 1.82) is 0 Å². The number of carbonyl (C=O) groups excluding carboxylic acids is 1. The van der Waals surface area contributed by atoms with E-state index in [0.717, 1.165) is 57.1 Å². The fourth-order valence-corrected chi connectivity index (χ4v) is 6.21. The van der Waals surface area contributed by atoms with Gasteiger partial charge in [-0.3, -0.25) is 4.90 Å². The number of imidazole rings is 1. The SMILES string of the molecule is CC(C)(C)OC(=O)N1C(c2nc3ccc(-c4ccc5cc(B6OC(C)(C)C(C)(C)O6)ccc5c4)cc3[nH]2)CC2CC21. The summed E-state index contributed by atoms with van der Waals surface area (Å²) in [4.78, 5) is 23.4. The Labute approximate surface area is 241 Å². The molecule has 8 heteroatoms. The Bertz CT molecular complexity index is 1670. The van der Waals surface area contributed by atoms with Gasteiger partial charge < -0.3 is 19.0 Å². The van der Waals surface area contributed by atoms with Gasteiger partial charge in [0.05, 0.1) is 28.3 Å². The van der Waals surface area contributed by atoms with Crippen molar-refractivity contribution in [3.63, 3.8) is 0 Å². The first-order chi connectivity index (χ1) is 19.3. The third-order valence-corrected chi connectivity index (χ3v) is 9.25. The number of piperidine rings is 1. The van der Waals surface area contributed by atoms with Crippen LogP contribution >= 0.6 is 0 Å². The molecule has 212 valence electrons. The maximum absolute atomic E-state index is 13.0. The van der Waals surface area contributed by atoms with Crippen molar-refractivity contribution in [1.82, 2.24) is 14.9 Å². The summed E-state index contributed by atoms with van der Waals surface area (Å²) in [5, 5.41) is 2.30. The summed E-state index contributed by atoms with van der Waals surface area (Å²) in [7, 11) is -0.377.